The molecule has 2 nitrogen and oxygen atoms in total. The molecular weight excluding hydrogens is 306 g/mol. The van der Waals surface area contributed by atoms with Crippen LogP contribution in [0.3, 0.4) is 0 Å². The summed E-state index contributed by atoms with van der Waals surface area (Å²) in [6.07, 6.45) is 4.48. The Morgan fingerprint density at radius 3 is 2.48 bits per heavy atom. The van der Waals surface area contributed by atoms with Gasteiger partial charge in [-0.25, -0.2) is 0 Å². The fraction of sp³-hybridized carbons (Fsp3) is 0.174. The quantitative estimate of drug-likeness (QED) is 0.676. The Morgan fingerprint density at radius 2 is 1.80 bits per heavy atom. The predicted molar refractivity (Wildman–Crippen MR) is 107 cm³/mol. The lowest BCUT2D eigenvalue weighted by atomic mass is 10.0. The standard InChI is InChI=1S/C23H25NO/c1-6-7-22(18(5)16(2)3)24-23(25)13-10-19-9-12-20-14-17(4)8-11-21(20)15-19/h6-9,11-12,14-15H,1-2,5,10,13H2,3-4H3,(H,24,25)/b22-7+. The SMILES string of the molecule is C=C/C=C(/NC(=O)CCc1ccc2cc(C)ccc2c1)C(=C)C(=C)C. The third kappa shape index (κ3) is 5.05. The third-order valence-corrected chi connectivity index (χ3v) is 4.10. The van der Waals surface area contributed by atoms with Crippen molar-refractivity contribution in [3.05, 3.63) is 96.3 Å². The zero-order chi connectivity index (χ0) is 18.4. The van der Waals surface area contributed by atoms with Crippen molar-refractivity contribution in [3.8, 4) is 0 Å². The summed E-state index contributed by atoms with van der Waals surface area (Å²) in [5.41, 5.74) is 4.59. The Morgan fingerprint density at radius 1 is 1.12 bits per heavy atom. The number of benzene rings is 2. The maximum absolute atomic E-state index is 12.3. The van der Waals surface area contributed by atoms with Crippen molar-refractivity contribution in [3.63, 3.8) is 0 Å². The third-order valence-electron chi connectivity index (χ3n) is 4.10. The van der Waals surface area contributed by atoms with Gasteiger partial charge in [-0.1, -0.05) is 67.8 Å². The number of allylic oxidation sites excluding steroid dienone is 3. The van der Waals surface area contributed by atoms with E-state index in [1.54, 1.807) is 12.2 Å². The van der Waals surface area contributed by atoms with Crippen LogP contribution in [-0.4, -0.2) is 5.91 Å². The zero-order valence-corrected chi connectivity index (χ0v) is 15.1. The highest BCUT2D eigenvalue weighted by Crippen LogP contribution is 2.19. The lowest BCUT2D eigenvalue weighted by Gasteiger charge is -2.12. The van der Waals surface area contributed by atoms with Crippen LogP contribution in [0.2, 0.25) is 0 Å². The summed E-state index contributed by atoms with van der Waals surface area (Å²) in [6.45, 7) is 15.5. The van der Waals surface area contributed by atoms with Crippen LogP contribution in [0.5, 0.6) is 0 Å². The van der Waals surface area contributed by atoms with E-state index in [0.717, 1.165) is 11.1 Å². The highest BCUT2D eigenvalue weighted by Gasteiger charge is 2.08. The van der Waals surface area contributed by atoms with Gasteiger partial charge in [0.2, 0.25) is 5.91 Å². The molecule has 0 aliphatic carbocycles. The van der Waals surface area contributed by atoms with Gasteiger partial charge in [-0.15, -0.1) is 0 Å². The summed E-state index contributed by atoms with van der Waals surface area (Å²) in [5, 5.41) is 5.33. The van der Waals surface area contributed by atoms with Gasteiger partial charge in [0.25, 0.3) is 0 Å². The van der Waals surface area contributed by atoms with Gasteiger partial charge in [-0.2, -0.15) is 0 Å². The van der Waals surface area contributed by atoms with Gasteiger partial charge >= 0.3 is 0 Å². The van der Waals surface area contributed by atoms with E-state index in [4.69, 9.17) is 0 Å². The van der Waals surface area contributed by atoms with Crippen LogP contribution in [0.25, 0.3) is 10.8 Å². The molecule has 0 bridgehead atoms. The average molecular weight is 331 g/mol. The lowest BCUT2D eigenvalue weighted by Crippen LogP contribution is -2.24. The summed E-state index contributed by atoms with van der Waals surface area (Å²) < 4.78 is 0. The van der Waals surface area contributed by atoms with Crippen LogP contribution in [0.4, 0.5) is 0 Å². The van der Waals surface area contributed by atoms with Crippen LogP contribution in [0.1, 0.15) is 24.5 Å². The fourth-order valence-corrected chi connectivity index (χ4v) is 2.61. The van der Waals surface area contributed by atoms with Crippen molar-refractivity contribution in [1.29, 1.82) is 0 Å². The summed E-state index contributed by atoms with van der Waals surface area (Å²) in [7, 11) is 0. The first-order valence-corrected chi connectivity index (χ1v) is 8.37. The van der Waals surface area contributed by atoms with E-state index in [9.17, 15) is 4.79 Å². The Balaban J connectivity index is 2.02. The molecule has 2 aromatic rings. The molecule has 25 heavy (non-hydrogen) atoms. The normalized spacial score (nSPS) is 11.2. The van der Waals surface area contributed by atoms with E-state index in [1.807, 2.05) is 6.92 Å². The van der Waals surface area contributed by atoms with Crippen LogP contribution in [0.15, 0.2) is 85.1 Å². The van der Waals surface area contributed by atoms with Crippen LogP contribution >= 0.6 is 0 Å². The van der Waals surface area contributed by atoms with Gasteiger partial charge in [0, 0.05) is 12.1 Å². The largest absolute Gasteiger partial charge is 0.326 e. The number of carbonyl (C=O) groups excluding carboxylic acids is 1. The molecule has 128 valence electrons. The van der Waals surface area contributed by atoms with E-state index in [0.29, 0.717) is 24.1 Å². The van der Waals surface area contributed by atoms with Gasteiger partial charge < -0.3 is 5.32 Å². The van der Waals surface area contributed by atoms with Gasteiger partial charge in [-0.3, -0.25) is 4.79 Å². The van der Waals surface area contributed by atoms with Crippen molar-refractivity contribution >= 4 is 16.7 Å². The first-order valence-electron chi connectivity index (χ1n) is 8.37. The molecule has 0 radical (unpaired) electrons. The first kappa shape index (κ1) is 18.5. The van der Waals surface area contributed by atoms with Gasteiger partial charge in [0.15, 0.2) is 0 Å². The van der Waals surface area contributed by atoms with E-state index in [2.05, 4.69) is 68.4 Å². The molecule has 0 fully saturated rings. The molecule has 2 heteroatoms. The molecule has 0 heterocycles. The van der Waals surface area contributed by atoms with E-state index in [-0.39, 0.29) is 5.91 Å². The lowest BCUT2D eigenvalue weighted by molar-refractivity contribution is -0.120. The van der Waals surface area contributed by atoms with Crippen LogP contribution < -0.4 is 5.32 Å². The zero-order valence-electron chi connectivity index (χ0n) is 15.1. The van der Waals surface area contributed by atoms with Crippen molar-refractivity contribution in [2.45, 2.75) is 26.7 Å². The smallest absolute Gasteiger partial charge is 0.224 e. The van der Waals surface area contributed by atoms with Gasteiger partial charge in [0.1, 0.15) is 0 Å². The minimum Gasteiger partial charge on any atom is -0.326 e. The number of rotatable bonds is 7. The van der Waals surface area contributed by atoms with Crippen LogP contribution in [-0.2, 0) is 11.2 Å². The molecule has 0 aromatic heterocycles. The summed E-state index contributed by atoms with van der Waals surface area (Å²) in [4.78, 5) is 12.3. The Hall–Kier alpha value is -2.87. The molecule has 0 saturated heterocycles. The highest BCUT2D eigenvalue weighted by atomic mass is 16.1. The Labute approximate surface area is 150 Å². The second-order valence-corrected chi connectivity index (χ2v) is 6.31. The molecule has 1 N–H and O–H groups in total. The van der Waals surface area contributed by atoms with Crippen molar-refractivity contribution in [2.24, 2.45) is 0 Å². The Kier molecular flexibility index (Phi) is 6.13. The average Bonchev–Trinajstić information content (AvgIpc) is 2.58. The molecule has 0 spiro atoms. The molecular formula is C23H25NO. The maximum Gasteiger partial charge on any atom is 0.224 e. The molecule has 0 aliphatic heterocycles. The number of hydrogen-bond acceptors (Lipinski definition) is 1. The molecule has 0 aliphatic rings. The van der Waals surface area contributed by atoms with Crippen LogP contribution in [0, 0.1) is 6.92 Å². The second kappa shape index (κ2) is 8.29. The van der Waals surface area contributed by atoms with Gasteiger partial charge in [0.05, 0.1) is 0 Å². The summed E-state index contributed by atoms with van der Waals surface area (Å²) >= 11 is 0. The van der Waals surface area contributed by atoms with Crippen molar-refractivity contribution in [2.75, 3.05) is 0 Å². The number of hydrogen-bond donors (Lipinski definition) is 1. The molecule has 0 unspecified atom stereocenters. The number of carbonyl (C=O) groups is 1. The number of nitrogens with one attached hydrogen (secondary N) is 1. The highest BCUT2D eigenvalue weighted by molar-refractivity contribution is 5.84. The minimum atomic E-state index is -0.0421. The van der Waals surface area contributed by atoms with Crippen molar-refractivity contribution in [1.82, 2.24) is 5.32 Å². The van der Waals surface area contributed by atoms with E-state index < -0.39 is 0 Å². The number of amides is 1. The second-order valence-electron chi connectivity index (χ2n) is 6.31. The number of fused-ring (bicyclic) bond motifs is 1. The molecule has 2 rings (SSSR count). The minimum absolute atomic E-state index is 0.0421. The van der Waals surface area contributed by atoms with Gasteiger partial charge in [-0.05, 0) is 53.8 Å². The van der Waals surface area contributed by atoms with E-state index in [1.165, 1.54) is 16.3 Å². The maximum atomic E-state index is 12.3. The summed E-state index contributed by atoms with van der Waals surface area (Å²) in [5.74, 6) is -0.0421. The topological polar surface area (TPSA) is 29.1 Å². The van der Waals surface area contributed by atoms with E-state index >= 15 is 0 Å². The first-order chi connectivity index (χ1) is 11.9. The fourth-order valence-electron chi connectivity index (χ4n) is 2.61. The molecule has 1 amide bonds. The van der Waals surface area contributed by atoms with Crippen molar-refractivity contribution < 1.29 is 4.79 Å². The molecule has 0 atom stereocenters. The summed E-state index contributed by atoms with van der Waals surface area (Å²) in [6, 6.07) is 12.7. The predicted octanol–water partition coefficient (Wildman–Crippen LogP) is 5.40. The molecule has 2 aromatic carbocycles. The Bertz CT molecular complexity index is 871. The monoisotopic (exact) mass is 331 g/mol. The molecule has 0 saturated carbocycles. The number of aryl methyl sites for hydroxylation is 2.